The van der Waals surface area contributed by atoms with E-state index in [4.69, 9.17) is 18.9 Å². The van der Waals surface area contributed by atoms with Gasteiger partial charge >= 0.3 is 5.97 Å². The van der Waals surface area contributed by atoms with E-state index < -0.39 is 5.97 Å². The molecule has 1 N–H and O–H groups in total. The maximum absolute atomic E-state index is 12.1. The van der Waals surface area contributed by atoms with Gasteiger partial charge in [-0.1, -0.05) is 0 Å². The Hall–Kier alpha value is -3.50. The molecule has 0 radical (unpaired) electrons. The fourth-order valence-corrected chi connectivity index (χ4v) is 4.89. The molecule has 3 fully saturated rings. The van der Waals surface area contributed by atoms with Crippen LogP contribution in [0.1, 0.15) is 16.8 Å². The number of benzene rings is 1. The van der Waals surface area contributed by atoms with E-state index in [1.54, 1.807) is 30.6 Å². The number of carbonyl (C=O) groups is 1. The number of anilines is 1. The molecule has 0 spiro atoms. The second kappa shape index (κ2) is 7.57. The van der Waals surface area contributed by atoms with Gasteiger partial charge < -0.3 is 24.1 Å². The van der Waals surface area contributed by atoms with E-state index >= 15 is 0 Å². The number of piperazine rings is 1. The highest BCUT2D eigenvalue weighted by atomic mass is 32.1. The quantitative estimate of drug-likeness (QED) is 0.459. The number of ether oxygens (including phenoxy) is 2. The number of nitrogens with zero attached hydrogens (tertiary/aromatic N) is 4. The highest BCUT2D eigenvalue weighted by molar-refractivity contribution is 7.13. The number of oxazole rings is 1. The molecule has 4 aromatic rings. The van der Waals surface area contributed by atoms with E-state index in [2.05, 4.69) is 20.2 Å². The molecule has 7 rings (SSSR count). The third-order valence-electron chi connectivity index (χ3n) is 5.73. The highest BCUT2D eigenvalue weighted by Crippen LogP contribution is 2.40. The number of esters is 1. The Morgan fingerprint density at radius 3 is 2.81 bits per heavy atom. The van der Waals surface area contributed by atoms with Crippen LogP contribution >= 0.6 is 11.3 Å². The van der Waals surface area contributed by atoms with Crippen LogP contribution < -0.4 is 15.0 Å². The van der Waals surface area contributed by atoms with Crippen LogP contribution in [-0.4, -0.2) is 53.2 Å². The molecule has 162 valence electrons. The summed E-state index contributed by atoms with van der Waals surface area (Å²) in [6.45, 7) is 1.69. The number of methoxy groups -OCH3 is 1. The molecule has 0 amide bonds. The molecule has 0 aliphatic carbocycles. The fourth-order valence-electron chi connectivity index (χ4n) is 4.23. The van der Waals surface area contributed by atoms with Gasteiger partial charge in [0.2, 0.25) is 5.88 Å². The Morgan fingerprint density at radius 1 is 1.22 bits per heavy atom. The third-order valence-corrected chi connectivity index (χ3v) is 6.54. The standard InChI is InChI=1S/C22H19N5O4S/c1-29-21(28)15-3-2-6-23-19(15)30-16-5-4-14(20-24-7-8-32-20)18-17(16)26-22(31-18)27-10-12-9-13(11-27)25-12/h2-8,12-13,25H,9-11H2,1H3. The summed E-state index contributed by atoms with van der Waals surface area (Å²) >= 11 is 1.53. The summed E-state index contributed by atoms with van der Waals surface area (Å²) in [6, 6.07) is 8.45. The minimum absolute atomic E-state index is 0.149. The number of fused-ring (bicyclic) bond motifs is 3. The zero-order valence-electron chi connectivity index (χ0n) is 17.1. The van der Waals surface area contributed by atoms with Crippen molar-refractivity contribution in [2.45, 2.75) is 18.5 Å². The summed E-state index contributed by atoms with van der Waals surface area (Å²) < 4.78 is 17.2. The number of pyridine rings is 1. The van der Waals surface area contributed by atoms with Gasteiger partial charge in [-0.25, -0.2) is 14.8 Å². The number of thiazole rings is 1. The van der Waals surface area contributed by atoms with Gasteiger partial charge in [0.1, 0.15) is 10.6 Å². The van der Waals surface area contributed by atoms with Crippen molar-refractivity contribution >= 4 is 34.4 Å². The fraction of sp³-hybridized carbons (Fsp3) is 0.273. The normalized spacial score (nSPS) is 19.6. The molecule has 0 saturated carbocycles. The molecule has 3 aliphatic rings. The van der Waals surface area contributed by atoms with Gasteiger partial charge in [-0.3, -0.25) is 0 Å². The predicted octanol–water partition coefficient (Wildman–Crippen LogP) is 3.48. The van der Waals surface area contributed by atoms with Crippen molar-refractivity contribution in [3.05, 3.63) is 47.6 Å². The molecule has 1 aromatic carbocycles. The van der Waals surface area contributed by atoms with E-state index in [9.17, 15) is 4.79 Å². The van der Waals surface area contributed by atoms with Crippen LogP contribution in [0.15, 0.2) is 46.5 Å². The van der Waals surface area contributed by atoms with Crippen LogP contribution in [0.25, 0.3) is 21.7 Å². The number of piperidine rings is 1. The van der Waals surface area contributed by atoms with Crippen LogP contribution in [0.4, 0.5) is 6.01 Å². The van der Waals surface area contributed by atoms with Gasteiger partial charge in [0.05, 0.1) is 12.7 Å². The maximum atomic E-state index is 12.1. The van der Waals surface area contributed by atoms with E-state index in [0.717, 1.165) is 23.7 Å². The molecule has 2 atom stereocenters. The van der Waals surface area contributed by atoms with Gasteiger partial charge in [0.25, 0.3) is 6.01 Å². The van der Waals surface area contributed by atoms with Crippen LogP contribution in [0.5, 0.6) is 11.6 Å². The molecular formula is C22H19N5O4S. The number of carbonyl (C=O) groups excluding carboxylic acids is 1. The van der Waals surface area contributed by atoms with Gasteiger partial charge in [0, 0.05) is 42.9 Å². The molecule has 32 heavy (non-hydrogen) atoms. The Balaban J connectivity index is 1.45. The number of aromatic nitrogens is 3. The van der Waals surface area contributed by atoms with Crippen LogP contribution in [0, 0.1) is 0 Å². The Labute approximate surface area is 187 Å². The van der Waals surface area contributed by atoms with Gasteiger partial charge in [-0.05, 0) is 30.7 Å². The zero-order chi connectivity index (χ0) is 21.7. The van der Waals surface area contributed by atoms with Gasteiger partial charge in [0.15, 0.2) is 16.8 Å². The van der Waals surface area contributed by atoms with Gasteiger partial charge in [-0.15, -0.1) is 11.3 Å². The van der Waals surface area contributed by atoms with Crippen molar-refractivity contribution < 1.29 is 18.7 Å². The zero-order valence-corrected chi connectivity index (χ0v) is 18.0. The van der Waals surface area contributed by atoms with Gasteiger partial charge in [-0.2, -0.15) is 4.98 Å². The van der Waals surface area contributed by atoms with Crippen molar-refractivity contribution in [2.75, 3.05) is 25.1 Å². The molecule has 10 heteroatoms. The van der Waals surface area contributed by atoms with Crippen molar-refractivity contribution in [1.82, 2.24) is 20.3 Å². The summed E-state index contributed by atoms with van der Waals surface area (Å²) in [5, 5.41) is 6.27. The van der Waals surface area contributed by atoms with Crippen molar-refractivity contribution in [1.29, 1.82) is 0 Å². The summed E-state index contributed by atoms with van der Waals surface area (Å²) in [5.41, 5.74) is 2.23. The average molecular weight is 449 g/mol. The summed E-state index contributed by atoms with van der Waals surface area (Å²) in [6.07, 6.45) is 4.50. The first-order valence-corrected chi connectivity index (χ1v) is 11.1. The second-order valence-corrected chi connectivity index (χ2v) is 8.67. The first kappa shape index (κ1) is 19.2. The molecule has 2 bridgehead atoms. The molecule has 3 aromatic heterocycles. The van der Waals surface area contributed by atoms with Crippen LogP contribution in [-0.2, 0) is 4.74 Å². The smallest absolute Gasteiger partial charge is 0.343 e. The minimum Gasteiger partial charge on any atom is -0.465 e. The topological polar surface area (TPSA) is 103 Å². The average Bonchev–Trinajstić information content (AvgIpc) is 3.50. The lowest BCUT2D eigenvalue weighted by atomic mass is 9.92. The molecule has 3 saturated heterocycles. The summed E-state index contributed by atoms with van der Waals surface area (Å²) in [4.78, 5) is 27.8. The minimum atomic E-state index is -0.523. The largest absolute Gasteiger partial charge is 0.465 e. The van der Waals surface area contributed by atoms with Crippen molar-refractivity contribution in [2.24, 2.45) is 0 Å². The van der Waals surface area contributed by atoms with Crippen molar-refractivity contribution in [3.63, 3.8) is 0 Å². The number of hydrogen-bond acceptors (Lipinski definition) is 10. The highest BCUT2D eigenvalue weighted by Gasteiger charge is 2.38. The monoisotopic (exact) mass is 449 g/mol. The first-order chi connectivity index (χ1) is 15.7. The van der Waals surface area contributed by atoms with Crippen molar-refractivity contribution in [3.8, 4) is 22.2 Å². The Bertz CT molecular complexity index is 1290. The SMILES string of the molecule is COC(=O)c1cccnc1Oc1ccc(-c2nccs2)c2oc(N3CC4CC(C3)N4)nc12. The molecule has 3 aliphatic heterocycles. The van der Waals surface area contributed by atoms with E-state index in [-0.39, 0.29) is 11.4 Å². The molecule has 9 nitrogen and oxygen atoms in total. The third kappa shape index (κ3) is 3.19. The molecular weight excluding hydrogens is 430 g/mol. The first-order valence-electron chi connectivity index (χ1n) is 10.2. The second-order valence-electron chi connectivity index (χ2n) is 7.77. The van der Waals surface area contributed by atoms with E-state index in [1.807, 2.05) is 11.4 Å². The predicted molar refractivity (Wildman–Crippen MR) is 118 cm³/mol. The van der Waals surface area contributed by atoms with E-state index in [0.29, 0.717) is 34.9 Å². The van der Waals surface area contributed by atoms with E-state index in [1.165, 1.54) is 24.9 Å². The molecule has 2 unspecified atom stereocenters. The maximum Gasteiger partial charge on any atom is 0.343 e. The number of hydrogen-bond donors (Lipinski definition) is 1. The Morgan fingerprint density at radius 2 is 2.06 bits per heavy atom. The van der Waals surface area contributed by atoms with Crippen LogP contribution in [0.2, 0.25) is 0 Å². The number of nitrogens with one attached hydrogen (secondary N) is 1. The lowest BCUT2D eigenvalue weighted by Crippen LogP contribution is -2.67. The summed E-state index contributed by atoms with van der Waals surface area (Å²) in [5.74, 6) is 0.0692. The lowest BCUT2D eigenvalue weighted by molar-refractivity contribution is 0.0597. The van der Waals surface area contributed by atoms with Crippen LogP contribution in [0.3, 0.4) is 0 Å². The number of rotatable bonds is 5. The lowest BCUT2D eigenvalue weighted by Gasteiger charge is -2.47. The Kier molecular flexibility index (Phi) is 4.54. The summed E-state index contributed by atoms with van der Waals surface area (Å²) in [7, 11) is 1.32. The molecule has 6 heterocycles.